The molecule has 3 aromatic rings. The minimum absolute atomic E-state index is 0.0397. The Hall–Kier alpha value is -3.37. The topological polar surface area (TPSA) is 87.2 Å². The number of benzene rings is 2. The minimum atomic E-state index is -0.474. The molecule has 9 nitrogen and oxygen atoms in total. The number of ether oxygens (including phenoxy) is 5. The summed E-state index contributed by atoms with van der Waals surface area (Å²) in [6, 6.07) is 6.45. The normalized spacial score (nSPS) is 15.6. The molecule has 1 saturated heterocycles. The minimum Gasteiger partial charge on any atom is -0.493 e. The highest BCUT2D eigenvalue weighted by atomic mass is 19.1. The molecule has 1 N–H and O–H groups in total. The fourth-order valence-corrected chi connectivity index (χ4v) is 3.91. The van der Waals surface area contributed by atoms with E-state index in [2.05, 4.69) is 20.2 Å². The number of halogens is 1. The number of hydrogen-bond acceptors (Lipinski definition) is 9. The monoisotopic (exact) mass is 456 g/mol. The summed E-state index contributed by atoms with van der Waals surface area (Å²) in [4.78, 5) is 11.0. The van der Waals surface area contributed by atoms with Gasteiger partial charge in [0.1, 0.15) is 17.8 Å². The molecule has 0 saturated carbocycles. The molecule has 5 rings (SSSR count). The fraction of sp³-hybridized carbons (Fsp3) is 0.391. The first-order valence-electron chi connectivity index (χ1n) is 10.8. The van der Waals surface area contributed by atoms with Crippen LogP contribution in [-0.4, -0.2) is 68.2 Å². The van der Waals surface area contributed by atoms with Gasteiger partial charge in [-0.05, 0) is 24.6 Å². The largest absolute Gasteiger partial charge is 0.493 e. The molecule has 174 valence electrons. The van der Waals surface area contributed by atoms with Crippen molar-refractivity contribution in [2.45, 2.75) is 6.42 Å². The van der Waals surface area contributed by atoms with Crippen LogP contribution in [0.15, 0.2) is 30.6 Å². The molecule has 0 amide bonds. The molecule has 1 aromatic heterocycles. The number of rotatable bonds is 8. The lowest BCUT2D eigenvalue weighted by Crippen LogP contribution is -2.37. The van der Waals surface area contributed by atoms with E-state index in [-0.39, 0.29) is 12.5 Å². The highest BCUT2D eigenvalue weighted by molar-refractivity contribution is 5.93. The molecule has 0 aliphatic carbocycles. The van der Waals surface area contributed by atoms with Crippen LogP contribution in [0, 0.1) is 5.82 Å². The second kappa shape index (κ2) is 9.63. The summed E-state index contributed by atoms with van der Waals surface area (Å²) in [6.45, 7) is 5.01. The summed E-state index contributed by atoms with van der Waals surface area (Å²) in [6.07, 6.45) is 2.30. The third-order valence-corrected chi connectivity index (χ3v) is 5.63. The maximum absolute atomic E-state index is 14.6. The standard InChI is InChI=1S/C23H25FN4O5/c1-29-19-11-15-17(12-20(19)31-8-2-5-28-6-9-30-10-7-28)25-13-26-23(15)27-21-16(24)3-4-18-22(21)33-14-32-18/h3-4,11-13H,2,5-10,14H2,1H3,(H,25,26,27). The molecule has 2 aliphatic heterocycles. The van der Waals surface area contributed by atoms with Gasteiger partial charge in [0, 0.05) is 31.1 Å². The van der Waals surface area contributed by atoms with Crippen LogP contribution < -0.4 is 24.3 Å². The number of nitrogens with zero attached hydrogens (tertiary/aromatic N) is 3. The van der Waals surface area contributed by atoms with Crippen molar-refractivity contribution in [3.05, 3.63) is 36.4 Å². The van der Waals surface area contributed by atoms with Crippen molar-refractivity contribution in [3.8, 4) is 23.0 Å². The van der Waals surface area contributed by atoms with Crippen molar-refractivity contribution in [1.29, 1.82) is 0 Å². The van der Waals surface area contributed by atoms with Gasteiger partial charge in [-0.1, -0.05) is 0 Å². The number of aromatic nitrogens is 2. The molecule has 0 radical (unpaired) electrons. The maximum atomic E-state index is 14.6. The zero-order valence-corrected chi connectivity index (χ0v) is 18.3. The lowest BCUT2D eigenvalue weighted by molar-refractivity contribution is 0.0357. The predicted octanol–water partition coefficient (Wildman–Crippen LogP) is 3.35. The van der Waals surface area contributed by atoms with Crippen LogP contribution in [0.3, 0.4) is 0 Å². The molecule has 2 aromatic carbocycles. The molecule has 10 heteroatoms. The van der Waals surface area contributed by atoms with E-state index >= 15 is 0 Å². The highest BCUT2D eigenvalue weighted by Crippen LogP contribution is 2.43. The summed E-state index contributed by atoms with van der Waals surface area (Å²) in [7, 11) is 1.58. The summed E-state index contributed by atoms with van der Waals surface area (Å²) in [5.41, 5.74) is 0.800. The summed E-state index contributed by atoms with van der Waals surface area (Å²) in [5.74, 6) is 1.87. The Kier molecular flexibility index (Phi) is 6.27. The number of fused-ring (bicyclic) bond motifs is 2. The Morgan fingerprint density at radius 3 is 2.85 bits per heavy atom. The zero-order valence-electron chi connectivity index (χ0n) is 18.3. The van der Waals surface area contributed by atoms with Crippen molar-refractivity contribution >= 4 is 22.4 Å². The number of hydrogen-bond donors (Lipinski definition) is 1. The van der Waals surface area contributed by atoms with Gasteiger partial charge >= 0.3 is 0 Å². The van der Waals surface area contributed by atoms with Gasteiger partial charge in [0.25, 0.3) is 0 Å². The second-order valence-corrected chi connectivity index (χ2v) is 7.68. The van der Waals surface area contributed by atoms with E-state index < -0.39 is 5.82 Å². The third kappa shape index (κ3) is 4.57. The maximum Gasteiger partial charge on any atom is 0.231 e. The number of anilines is 2. The van der Waals surface area contributed by atoms with Gasteiger partial charge < -0.3 is 29.0 Å². The molecular weight excluding hydrogens is 431 g/mol. The van der Waals surface area contributed by atoms with Gasteiger partial charge in [-0.2, -0.15) is 0 Å². The van der Waals surface area contributed by atoms with Gasteiger partial charge in [-0.15, -0.1) is 0 Å². The Morgan fingerprint density at radius 1 is 1.12 bits per heavy atom. The first-order chi connectivity index (χ1) is 16.2. The van der Waals surface area contributed by atoms with Crippen LogP contribution in [0.4, 0.5) is 15.9 Å². The molecule has 2 aliphatic rings. The highest BCUT2D eigenvalue weighted by Gasteiger charge is 2.23. The van der Waals surface area contributed by atoms with Crippen LogP contribution >= 0.6 is 0 Å². The van der Waals surface area contributed by atoms with E-state index in [4.69, 9.17) is 23.7 Å². The van der Waals surface area contributed by atoms with Crippen LogP contribution in [0.25, 0.3) is 10.9 Å². The zero-order chi connectivity index (χ0) is 22.6. The summed E-state index contributed by atoms with van der Waals surface area (Å²) in [5, 5.41) is 3.69. The summed E-state index contributed by atoms with van der Waals surface area (Å²) >= 11 is 0. The molecule has 0 bridgehead atoms. The fourth-order valence-electron chi connectivity index (χ4n) is 3.91. The van der Waals surface area contributed by atoms with E-state index in [9.17, 15) is 4.39 Å². The van der Waals surface area contributed by atoms with Gasteiger partial charge in [-0.25, -0.2) is 14.4 Å². The number of morpholine rings is 1. The molecule has 1 fully saturated rings. The van der Waals surface area contributed by atoms with Crippen LogP contribution in [0.1, 0.15) is 6.42 Å². The van der Waals surface area contributed by atoms with Gasteiger partial charge in [-0.3, -0.25) is 4.90 Å². The number of methoxy groups -OCH3 is 1. The Morgan fingerprint density at radius 2 is 2.00 bits per heavy atom. The average Bonchev–Trinajstić information content (AvgIpc) is 3.33. The van der Waals surface area contributed by atoms with E-state index in [0.29, 0.717) is 46.3 Å². The smallest absolute Gasteiger partial charge is 0.231 e. The SMILES string of the molecule is COc1cc2c(Nc3c(F)ccc4c3OCO4)ncnc2cc1OCCCN1CCOCC1. The van der Waals surface area contributed by atoms with Gasteiger partial charge in [0.05, 0.1) is 32.4 Å². The van der Waals surface area contributed by atoms with E-state index in [1.807, 2.05) is 0 Å². The van der Waals surface area contributed by atoms with Crippen molar-refractivity contribution in [2.24, 2.45) is 0 Å². The van der Waals surface area contributed by atoms with Gasteiger partial charge in [0.2, 0.25) is 6.79 Å². The molecule has 3 heterocycles. The van der Waals surface area contributed by atoms with Crippen LogP contribution in [0.2, 0.25) is 0 Å². The van der Waals surface area contributed by atoms with E-state index in [1.165, 1.54) is 18.5 Å². The Balaban J connectivity index is 1.35. The molecule has 0 unspecified atom stereocenters. The molecule has 0 atom stereocenters. The second-order valence-electron chi connectivity index (χ2n) is 7.68. The summed E-state index contributed by atoms with van der Waals surface area (Å²) < 4.78 is 42.3. The first kappa shape index (κ1) is 21.5. The average molecular weight is 456 g/mol. The number of nitrogens with one attached hydrogen (secondary N) is 1. The van der Waals surface area contributed by atoms with E-state index in [0.717, 1.165) is 39.3 Å². The third-order valence-electron chi connectivity index (χ3n) is 5.63. The lowest BCUT2D eigenvalue weighted by atomic mass is 10.2. The van der Waals surface area contributed by atoms with Gasteiger partial charge in [0.15, 0.2) is 28.8 Å². The van der Waals surface area contributed by atoms with Crippen LogP contribution in [-0.2, 0) is 4.74 Å². The molecular formula is C23H25FN4O5. The van der Waals surface area contributed by atoms with Crippen molar-refractivity contribution in [2.75, 3.05) is 58.7 Å². The van der Waals surface area contributed by atoms with Crippen molar-refractivity contribution in [1.82, 2.24) is 14.9 Å². The van der Waals surface area contributed by atoms with Crippen molar-refractivity contribution in [3.63, 3.8) is 0 Å². The van der Waals surface area contributed by atoms with Crippen LogP contribution in [0.5, 0.6) is 23.0 Å². The first-order valence-corrected chi connectivity index (χ1v) is 10.8. The molecule has 0 spiro atoms. The molecule has 33 heavy (non-hydrogen) atoms. The van der Waals surface area contributed by atoms with Crippen molar-refractivity contribution < 1.29 is 28.1 Å². The predicted molar refractivity (Wildman–Crippen MR) is 119 cm³/mol. The Bertz CT molecular complexity index is 1140. The van der Waals surface area contributed by atoms with E-state index in [1.54, 1.807) is 19.2 Å². The Labute approximate surface area is 190 Å². The quantitative estimate of drug-likeness (QED) is 0.513. The lowest BCUT2D eigenvalue weighted by Gasteiger charge is -2.26.